The molecule has 0 aromatic carbocycles. The molecule has 55 heavy (non-hydrogen) atoms. The molecule has 0 bridgehead atoms. The van der Waals surface area contributed by atoms with E-state index < -0.39 is 29.6 Å². The molecule has 19 nitrogen and oxygen atoms in total. The summed E-state index contributed by atoms with van der Waals surface area (Å²) in [7, 11) is 8.08. The highest BCUT2D eigenvalue weighted by molar-refractivity contribution is 8.76. The van der Waals surface area contributed by atoms with Gasteiger partial charge >= 0.3 is 5.97 Å². The van der Waals surface area contributed by atoms with E-state index in [0.717, 1.165) is 22.0 Å². The number of carbonyl (C=O) groups excluding carboxylic acids is 11. The summed E-state index contributed by atoms with van der Waals surface area (Å²) in [5.41, 5.74) is 4.50. The Bertz CT molecular complexity index is 1410. The summed E-state index contributed by atoms with van der Waals surface area (Å²) in [6.07, 6.45) is 12.5. The van der Waals surface area contributed by atoms with E-state index in [1.807, 2.05) is 0 Å². The number of hydrogen-bond acceptors (Lipinski definition) is 17. The maximum absolute atomic E-state index is 11.6. The molecule has 10 amide bonds. The van der Waals surface area contributed by atoms with E-state index >= 15 is 0 Å². The molecule has 0 spiro atoms. The van der Waals surface area contributed by atoms with Crippen molar-refractivity contribution in [3.8, 4) is 0 Å². The molecule has 0 radical (unpaired) electrons. The monoisotopic (exact) mass is 851 g/mol. The standard InChI is InChI=1S/C11H10N2O6.C9H14N2O3S.C8H10N2O3.C2H6S2.CH5N.CH4S/c14-7-1-2-8(15)12(7)6-5-11(18)19-13-9(16)3-4-10(13)17;1-10-7(12)3-4-11-8(13)5-6(15-2)9(11)14;1-9-6(11)4-5-10-7(12)2-3-8(10)13;1-3-4-2;2*1-2/h1-2H,3-6H2;6H,3-5H2,1-2H3,(H,10,12);2-3H,4-5H2,1H3,(H,9,11);1-2H3;2H2,1H3;2H,1H3. The van der Waals surface area contributed by atoms with Crippen molar-refractivity contribution in [3.05, 3.63) is 24.3 Å². The van der Waals surface area contributed by atoms with Gasteiger partial charge in [-0.2, -0.15) is 24.4 Å². The lowest BCUT2D eigenvalue weighted by Gasteiger charge is -2.15. The van der Waals surface area contributed by atoms with Crippen molar-refractivity contribution in [3.63, 3.8) is 0 Å². The van der Waals surface area contributed by atoms with Gasteiger partial charge in [0.1, 0.15) is 0 Å². The number of thiol groups is 1. The molecular weight excluding hydrogens is 803 g/mol. The van der Waals surface area contributed by atoms with Gasteiger partial charge in [0.25, 0.3) is 35.4 Å². The average molecular weight is 852 g/mol. The van der Waals surface area contributed by atoms with Crippen molar-refractivity contribution in [1.82, 2.24) is 30.4 Å². The highest BCUT2D eigenvalue weighted by atomic mass is 33.1. The van der Waals surface area contributed by atoms with Crippen LogP contribution < -0.4 is 16.4 Å². The zero-order valence-corrected chi connectivity index (χ0v) is 35.0. The molecule has 308 valence electrons. The fraction of sp³-hybridized carbons (Fsp3) is 0.531. The van der Waals surface area contributed by atoms with Crippen LogP contribution in [0.3, 0.4) is 0 Å². The van der Waals surface area contributed by atoms with Crippen LogP contribution >= 0.6 is 46.0 Å². The first-order valence-corrected chi connectivity index (χ1v) is 21.3. The summed E-state index contributed by atoms with van der Waals surface area (Å²) in [6.45, 7) is 0.179. The van der Waals surface area contributed by atoms with Crippen LogP contribution in [0.2, 0.25) is 0 Å². The minimum Gasteiger partial charge on any atom is -0.359 e. The number of hydroxylamine groups is 2. The highest BCUT2D eigenvalue weighted by Crippen LogP contribution is 2.23. The molecule has 0 aromatic heterocycles. The van der Waals surface area contributed by atoms with E-state index in [4.69, 9.17) is 0 Å². The lowest BCUT2D eigenvalue weighted by atomic mass is 10.3. The number of nitrogens with zero attached hydrogens (tertiary/aromatic N) is 4. The Morgan fingerprint density at radius 1 is 0.673 bits per heavy atom. The Morgan fingerprint density at radius 2 is 1.04 bits per heavy atom. The minimum atomic E-state index is -0.851. The summed E-state index contributed by atoms with van der Waals surface area (Å²) in [5, 5.41) is 5.02. The highest BCUT2D eigenvalue weighted by Gasteiger charge is 2.38. The molecule has 23 heteroatoms. The number of amides is 10. The molecule has 4 N–H and O–H groups in total. The Balaban J connectivity index is 0. The molecule has 2 saturated heterocycles. The van der Waals surface area contributed by atoms with E-state index in [0.29, 0.717) is 5.06 Å². The summed E-state index contributed by atoms with van der Waals surface area (Å²) in [6, 6.07) is 0. The quantitative estimate of drug-likeness (QED) is 0.108. The van der Waals surface area contributed by atoms with E-state index in [1.54, 1.807) is 34.1 Å². The second-order valence-corrected chi connectivity index (χ2v) is 13.8. The first kappa shape index (κ1) is 52.9. The van der Waals surface area contributed by atoms with Crippen molar-refractivity contribution in [2.75, 3.05) is 65.8 Å². The molecule has 4 heterocycles. The molecule has 4 aliphatic rings. The predicted molar refractivity (Wildman–Crippen MR) is 212 cm³/mol. The second-order valence-electron chi connectivity index (χ2n) is 10.1. The van der Waals surface area contributed by atoms with Gasteiger partial charge < -0.3 is 21.2 Å². The number of thioether (sulfide) groups is 1. The van der Waals surface area contributed by atoms with Crippen molar-refractivity contribution in [2.24, 2.45) is 5.73 Å². The molecule has 4 rings (SSSR count). The number of carbonyl (C=O) groups is 11. The van der Waals surface area contributed by atoms with Crippen molar-refractivity contribution < 1.29 is 57.6 Å². The summed E-state index contributed by atoms with van der Waals surface area (Å²) in [4.78, 5) is 131. The topological polar surface area (TPSA) is 260 Å². The maximum atomic E-state index is 11.6. The summed E-state index contributed by atoms with van der Waals surface area (Å²) in [5.74, 6) is -4.42. The molecule has 1 unspecified atom stereocenters. The van der Waals surface area contributed by atoms with E-state index in [2.05, 4.69) is 46.3 Å². The van der Waals surface area contributed by atoms with Crippen LogP contribution in [0.15, 0.2) is 24.3 Å². The lowest BCUT2D eigenvalue weighted by Crippen LogP contribution is -2.35. The van der Waals surface area contributed by atoms with Gasteiger partial charge in [-0.15, -0.1) is 5.06 Å². The first-order chi connectivity index (χ1) is 26.1. The SMILES string of the molecule is CN.CNC(=O)CCN1C(=O)C=CC1=O.CNC(=O)CCN1C(=O)CC(SC)C1=O.CS.CSSC.O=C(CCN1C(=O)C=CC1=O)ON1C(=O)CCC1=O. The van der Waals surface area contributed by atoms with Gasteiger partial charge in [-0.1, -0.05) is 21.6 Å². The van der Waals surface area contributed by atoms with Crippen molar-refractivity contribution >= 4 is 111 Å². The van der Waals surface area contributed by atoms with Crippen LogP contribution in [0.1, 0.15) is 38.5 Å². The molecule has 0 aromatic rings. The van der Waals surface area contributed by atoms with Crippen molar-refractivity contribution in [2.45, 2.75) is 43.8 Å². The smallest absolute Gasteiger partial charge is 0.335 e. The fourth-order valence-electron chi connectivity index (χ4n) is 4.06. The lowest BCUT2D eigenvalue weighted by molar-refractivity contribution is -0.197. The van der Waals surface area contributed by atoms with Gasteiger partial charge in [-0.25, -0.2) is 4.79 Å². The third kappa shape index (κ3) is 19.3. The van der Waals surface area contributed by atoms with E-state index in [9.17, 15) is 52.7 Å². The van der Waals surface area contributed by atoms with Gasteiger partial charge in [0, 0.05) is 90.1 Å². The molecule has 4 aliphatic heterocycles. The van der Waals surface area contributed by atoms with Crippen LogP contribution in [0, 0.1) is 0 Å². The Hall–Kier alpha value is -4.19. The normalized spacial score (nSPS) is 16.6. The van der Waals surface area contributed by atoms with E-state index in [1.165, 1.54) is 50.0 Å². The second kappa shape index (κ2) is 30.1. The minimum absolute atomic E-state index is 0.0130. The fourth-order valence-corrected chi connectivity index (χ4v) is 4.70. The summed E-state index contributed by atoms with van der Waals surface area (Å²) < 4.78 is 0. The predicted octanol–water partition coefficient (Wildman–Crippen LogP) is -0.682. The van der Waals surface area contributed by atoms with Gasteiger partial charge in [-0.3, -0.25) is 62.6 Å². The van der Waals surface area contributed by atoms with Gasteiger partial charge in [-0.05, 0) is 32.1 Å². The maximum Gasteiger partial charge on any atom is 0.335 e. The molecule has 1 atom stereocenters. The van der Waals surface area contributed by atoms with Crippen molar-refractivity contribution in [1.29, 1.82) is 0 Å². The zero-order chi connectivity index (χ0) is 42.7. The largest absolute Gasteiger partial charge is 0.359 e. The van der Waals surface area contributed by atoms with E-state index in [-0.39, 0.29) is 98.9 Å². The molecule has 0 aliphatic carbocycles. The average Bonchev–Trinajstić information content (AvgIpc) is 3.90. The molecular formula is C32H49N7O12S4. The van der Waals surface area contributed by atoms with Crippen LogP contribution in [-0.2, 0) is 57.6 Å². The zero-order valence-electron chi connectivity index (χ0n) is 31.7. The van der Waals surface area contributed by atoms with Crippen LogP contribution in [0.4, 0.5) is 0 Å². The van der Waals surface area contributed by atoms with Crippen LogP contribution in [0.5, 0.6) is 0 Å². The Morgan fingerprint density at radius 3 is 1.36 bits per heavy atom. The number of likely N-dealkylation sites (tertiary alicyclic amines) is 1. The summed E-state index contributed by atoms with van der Waals surface area (Å²) >= 11 is 4.90. The third-order valence-corrected chi connectivity index (χ3v) is 9.15. The number of nitrogens with two attached hydrogens (primary N) is 1. The first-order valence-electron chi connectivity index (χ1n) is 16.2. The van der Waals surface area contributed by atoms with Gasteiger partial charge in [0.2, 0.25) is 23.6 Å². The Labute approximate surface area is 337 Å². The van der Waals surface area contributed by atoms with Gasteiger partial charge in [0.15, 0.2) is 0 Å². The third-order valence-electron chi connectivity index (χ3n) is 6.88. The number of rotatable bonds is 12. The van der Waals surface area contributed by atoms with Crippen LogP contribution in [-0.4, -0.2) is 156 Å². The molecule has 0 saturated carbocycles. The molecule has 2 fully saturated rings. The number of hydrogen-bond donors (Lipinski definition) is 4. The van der Waals surface area contributed by atoms with Crippen LogP contribution in [0.25, 0.3) is 0 Å². The Kier molecular flexibility index (Phi) is 28.9. The van der Waals surface area contributed by atoms with Gasteiger partial charge in [0.05, 0.1) is 11.7 Å². The number of nitrogens with one attached hydrogen (secondary N) is 2. The number of imide groups is 4.